The molecule has 0 bridgehead atoms. The average molecular weight is 314 g/mol. The highest BCUT2D eigenvalue weighted by atomic mass is 16.6. The van der Waals surface area contributed by atoms with E-state index >= 15 is 0 Å². The number of nitro groups is 1. The molecule has 0 unspecified atom stereocenters. The molecule has 23 heavy (non-hydrogen) atoms. The van der Waals surface area contributed by atoms with Crippen LogP contribution in [0.2, 0.25) is 0 Å². The van der Waals surface area contributed by atoms with Gasteiger partial charge >= 0.3 is 5.97 Å². The maximum absolute atomic E-state index is 12.3. The monoisotopic (exact) mass is 314 g/mol. The zero-order valence-electron chi connectivity index (χ0n) is 12.3. The number of carboxylic acid groups (broad SMARTS) is 1. The number of nitrogens with one attached hydrogen (secondary N) is 1. The average Bonchev–Trinajstić information content (AvgIpc) is 2.53. The number of hydrogen-bond acceptors (Lipinski definition) is 4. The van der Waals surface area contributed by atoms with Crippen molar-refractivity contribution < 1.29 is 19.6 Å². The van der Waals surface area contributed by atoms with Crippen LogP contribution in [-0.4, -0.2) is 21.9 Å². The lowest BCUT2D eigenvalue weighted by molar-refractivity contribution is -0.385. The van der Waals surface area contributed by atoms with Crippen molar-refractivity contribution in [2.45, 2.75) is 13.5 Å². The largest absolute Gasteiger partial charge is 0.478 e. The highest BCUT2D eigenvalue weighted by Gasteiger charge is 2.26. The number of benzene rings is 2. The number of carboxylic acids is 1. The molecular weight excluding hydrogens is 300 g/mol. The Labute approximate surface area is 131 Å². The molecule has 0 aliphatic rings. The van der Waals surface area contributed by atoms with Crippen LogP contribution < -0.4 is 5.32 Å². The lowest BCUT2D eigenvalue weighted by Crippen LogP contribution is -2.26. The number of carbonyl (C=O) groups is 2. The van der Waals surface area contributed by atoms with Crippen molar-refractivity contribution in [1.82, 2.24) is 5.32 Å². The molecule has 1 amide bonds. The SMILES string of the molecule is Cc1ccc(CNC(=O)c2c(C(=O)O)cccc2[N+](=O)[O-])cc1. The number of nitro benzene ring substituents is 1. The fourth-order valence-electron chi connectivity index (χ4n) is 2.09. The number of hydrogen-bond donors (Lipinski definition) is 2. The van der Waals surface area contributed by atoms with E-state index in [9.17, 15) is 19.7 Å². The molecule has 2 aromatic carbocycles. The van der Waals surface area contributed by atoms with Crippen molar-refractivity contribution in [3.05, 3.63) is 74.8 Å². The van der Waals surface area contributed by atoms with E-state index in [1.165, 1.54) is 6.07 Å². The van der Waals surface area contributed by atoms with E-state index in [2.05, 4.69) is 5.32 Å². The van der Waals surface area contributed by atoms with Gasteiger partial charge in [0.2, 0.25) is 0 Å². The number of rotatable bonds is 5. The maximum atomic E-state index is 12.3. The Kier molecular flexibility index (Phi) is 4.70. The summed E-state index contributed by atoms with van der Waals surface area (Å²) in [5.41, 5.74) is 0.482. The minimum absolute atomic E-state index is 0.143. The molecule has 7 heteroatoms. The van der Waals surface area contributed by atoms with Crippen LogP contribution in [0.1, 0.15) is 31.8 Å². The van der Waals surface area contributed by atoms with E-state index in [-0.39, 0.29) is 6.54 Å². The molecule has 0 spiro atoms. The first-order valence-corrected chi connectivity index (χ1v) is 6.74. The minimum atomic E-state index is -1.39. The normalized spacial score (nSPS) is 10.1. The minimum Gasteiger partial charge on any atom is -0.478 e. The molecule has 0 heterocycles. The number of nitrogens with zero attached hydrogens (tertiary/aromatic N) is 1. The first kappa shape index (κ1) is 16.2. The predicted octanol–water partition coefficient (Wildman–Crippen LogP) is 2.53. The summed E-state index contributed by atoms with van der Waals surface area (Å²) in [4.78, 5) is 33.7. The molecule has 0 atom stereocenters. The fourth-order valence-corrected chi connectivity index (χ4v) is 2.09. The number of carbonyl (C=O) groups excluding carboxylic acids is 1. The van der Waals surface area contributed by atoms with Gasteiger partial charge in [-0.1, -0.05) is 35.9 Å². The van der Waals surface area contributed by atoms with E-state index in [4.69, 9.17) is 5.11 Å². The van der Waals surface area contributed by atoms with Gasteiger partial charge < -0.3 is 10.4 Å². The van der Waals surface area contributed by atoms with E-state index in [0.29, 0.717) is 0 Å². The van der Waals surface area contributed by atoms with Crippen molar-refractivity contribution >= 4 is 17.6 Å². The van der Waals surface area contributed by atoms with Crippen molar-refractivity contribution in [2.75, 3.05) is 0 Å². The molecule has 0 aliphatic heterocycles. The summed E-state index contributed by atoms with van der Waals surface area (Å²) in [6.45, 7) is 2.07. The van der Waals surface area contributed by atoms with E-state index in [1.807, 2.05) is 31.2 Å². The Morgan fingerprint density at radius 1 is 1.17 bits per heavy atom. The van der Waals surface area contributed by atoms with Crippen LogP contribution in [-0.2, 0) is 6.54 Å². The first-order chi connectivity index (χ1) is 10.9. The summed E-state index contributed by atoms with van der Waals surface area (Å²) < 4.78 is 0. The van der Waals surface area contributed by atoms with Gasteiger partial charge in [0.05, 0.1) is 10.5 Å². The van der Waals surface area contributed by atoms with Crippen LogP contribution in [0.4, 0.5) is 5.69 Å². The standard InChI is InChI=1S/C16H14N2O5/c1-10-5-7-11(8-6-10)9-17-15(19)14-12(16(20)21)3-2-4-13(14)18(22)23/h2-8H,9H2,1H3,(H,17,19)(H,20,21). The van der Waals surface area contributed by atoms with Crippen molar-refractivity contribution in [3.63, 3.8) is 0 Å². The molecule has 2 N–H and O–H groups in total. The molecule has 7 nitrogen and oxygen atoms in total. The summed E-state index contributed by atoms with van der Waals surface area (Å²) in [6.07, 6.45) is 0. The van der Waals surface area contributed by atoms with Crippen molar-refractivity contribution in [1.29, 1.82) is 0 Å². The van der Waals surface area contributed by atoms with Gasteiger partial charge in [-0.2, -0.15) is 0 Å². The number of aryl methyl sites for hydroxylation is 1. The molecule has 2 aromatic rings. The lowest BCUT2D eigenvalue weighted by Gasteiger charge is -2.08. The van der Waals surface area contributed by atoms with Crippen molar-refractivity contribution in [2.24, 2.45) is 0 Å². The van der Waals surface area contributed by atoms with Crippen molar-refractivity contribution in [3.8, 4) is 0 Å². The summed E-state index contributed by atoms with van der Waals surface area (Å²) >= 11 is 0. The van der Waals surface area contributed by atoms with Crippen LogP contribution in [0.25, 0.3) is 0 Å². The fraction of sp³-hybridized carbons (Fsp3) is 0.125. The van der Waals surface area contributed by atoms with E-state index < -0.39 is 33.6 Å². The summed E-state index contributed by atoms with van der Waals surface area (Å²) in [5.74, 6) is -2.19. The second-order valence-electron chi connectivity index (χ2n) is 4.93. The van der Waals surface area contributed by atoms with Crippen LogP contribution in [0.3, 0.4) is 0 Å². The molecule has 0 aromatic heterocycles. The third-order valence-corrected chi connectivity index (χ3v) is 3.27. The predicted molar refractivity (Wildman–Crippen MR) is 82.4 cm³/mol. The molecule has 0 saturated carbocycles. The summed E-state index contributed by atoms with van der Waals surface area (Å²) in [7, 11) is 0. The molecule has 118 valence electrons. The van der Waals surface area contributed by atoms with Crippen LogP contribution >= 0.6 is 0 Å². The van der Waals surface area contributed by atoms with Crippen LogP contribution in [0.5, 0.6) is 0 Å². The highest BCUT2D eigenvalue weighted by Crippen LogP contribution is 2.22. The van der Waals surface area contributed by atoms with Gasteiger partial charge in [-0.15, -0.1) is 0 Å². The van der Waals surface area contributed by atoms with E-state index in [0.717, 1.165) is 23.3 Å². The van der Waals surface area contributed by atoms with Gasteiger partial charge in [0.25, 0.3) is 11.6 Å². The summed E-state index contributed by atoms with van der Waals surface area (Å²) in [6, 6.07) is 10.9. The van der Waals surface area contributed by atoms with Gasteiger partial charge in [-0.3, -0.25) is 14.9 Å². The zero-order valence-corrected chi connectivity index (χ0v) is 12.3. The molecule has 0 aliphatic carbocycles. The van der Waals surface area contributed by atoms with Crippen LogP contribution in [0.15, 0.2) is 42.5 Å². The second kappa shape index (κ2) is 6.69. The Bertz CT molecular complexity index is 736. The number of aromatic carboxylic acids is 1. The molecule has 0 fully saturated rings. The topological polar surface area (TPSA) is 110 Å². The molecule has 2 rings (SSSR count). The maximum Gasteiger partial charge on any atom is 0.336 e. The van der Waals surface area contributed by atoms with Gasteiger partial charge in [0.1, 0.15) is 5.56 Å². The Balaban J connectivity index is 2.29. The van der Waals surface area contributed by atoms with E-state index in [1.54, 1.807) is 0 Å². The van der Waals surface area contributed by atoms with Gasteiger partial charge in [0, 0.05) is 12.6 Å². The Morgan fingerprint density at radius 3 is 2.39 bits per heavy atom. The quantitative estimate of drug-likeness (QED) is 0.651. The molecular formula is C16H14N2O5. The second-order valence-corrected chi connectivity index (χ2v) is 4.93. The van der Waals surface area contributed by atoms with Gasteiger partial charge in [-0.25, -0.2) is 4.79 Å². The Hall–Kier alpha value is -3.22. The molecule has 0 radical (unpaired) electrons. The third-order valence-electron chi connectivity index (χ3n) is 3.27. The third kappa shape index (κ3) is 3.70. The van der Waals surface area contributed by atoms with Crippen LogP contribution in [0, 0.1) is 17.0 Å². The smallest absolute Gasteiger partial charge is 0.336 e. The Morgan fingerprint density at radius 2 is 1.83 bits per heavy atom. The summed E-state index contributed by atoms with van der Waals surface area (Å²) in [5, 5.41) is 22.7. The lowest BCUT2D eigenvalue weighted by atomic mass is 10.0. The molecule has 0 saturated heterocycles. The zero-order chi connectivity index (χ0) is 17.0. The number of amides is 1. The highest BCUT2D eigenvalue weighted by molar-refractivity contribution is 6.07. The first-order valence-electron chi connectivity index (χ1n) is 6.74. The van der Waals surface area contributed by atoms with Gasteiger partial charge in [-0.05, 0) is 18.6 Å². The van der Waals surface area contributed by atoms with Gasteiger partial charge in [0.15, 0.2) is 0 Å².